The Morgan fingerprint density at radius 3 is 2.75 bits per heavy atom. The van der Waals surface area contributed by atoms with E-state index in [0.717, 1.165) is 19.3 Å². The standard InChI is InChI=1S/C10H18O2/c1-4-6-10(7-5-2)8-12-9-11-3/h1,10H,5-9H2,2-3H3. The maximum Gasteiger partial charge on any atom is 0.146 e. The Labute approximate surface area is 75.3 Å². The highest BCUT2D eigenvalue weighted by Crippen LogP contribution is 2.10. The van der Waals surface area contributed by atoms with E-state index in [9.17, 15) is 0 Å². The van der Waals surface area contributed by atoms with E-state index in [1.807, 2.05) is 0 Å². The fourth-order valence-electron chi connectivity index (χ4n) is 1.12. The Bertz CT molecular complexity index is 126. The van der Waals surface area contributed by atoms with Crippen LogP contribution in [0.3, 0.4) is 0 Å². The zero-order valence-electron chi connectivity index (χ0n) is 8.01. The normalized spacial score (nSPS) is 12.4. The Balaban J connectivity index is 3.42. The SMILES string of the molecule is C#CCC(CCC)COCOC. The number of ether oxygens (including phenoxy) is 2. The van der Waals surface area contributed by atoms with Crippen LogP contribution in [0.15, 0.2) is 0 Å². The summed E-state index contributed by atoms with van der Waals surface area (Å²) in [4.78, 5) is 0. The third-order valence-corrected chi connectivity index (χ3v) is 1.66. The van der Waals surface area contributed by atoms with Crippen molar-refractivity contribution in [3.05, 3.63) is 0 Å². The summed E-state index contributed by atoms with van der Waals surface area (Å²) >= 11 is 0. The second-order valence-electron chi connectivity index (χ2n) is 2.84. The topological polar surface area (TPSA) is 18.5 Å². The first-order chi connectivity index (χ1) is 5.85. The molecule has 2 nitrogen and oxygen atoms in total. The van der Waals surface area contributed by atoms with Gasteiger partial charge in [0.2, 0.25) is 0 Å². The summed E-state index contributed by atoms with van der Waals surface area (Å²) in [5, 5.41) is 0. The Hall–Kier alpha value is -0.520. The van der Waals surface area contributed by atoms with Crippen LogP contribution in [-0.2, 0) is 9.47 Å². The van der Waals surface area contributed by atoms with Gasteiger partial charge in [-0.25, -0.2) is 0 Å². The first-order valence-corrected chi connectivity index (χ1v) is 4.35. The number of hydrogen-bond acceptors (Lipinski definition) is 2. The molecule has 0 bridgehead atoms. The van der Waals surface area contributed by atoms with Gasteiger partial charge in [-0.15, -0.1) is 12.3 Å². The zero-order valence-corrected chi connectivity index (χ0v) is 8.01. The molecule has 12 heavy (non-hydrogen) atoms. The molecule has 0 aliphatic rings. The van der Waals surface area contributed by atoms with Crippen molar-refractivity contribution in [1.29, 1.82) is 0 Å². The van der Waals surface area contributed by atoms with Crippen molar-refractivity contribution in [2.45, 2.75) is 26.2 Å². The molecule has 0 heterocycles. The number of methoxy groups -OCH3 is 1. The van der Waals surface area contributed by atoms with Crippen molar-refractivity contribution in [3.63, 3.8) is 0 Å². The summed E-state index contributed by atoms with van der Waals surface area (Å²) < 4.78 is 10.0. The molecule has 70 valence electrons. The van der Waals surface area contributed by atoms with Gasteiger partial charge in [-0.2, -0.15) is 0 Å². The minimum Gasteiger partial charge on any atom is -0.359 e. The van der Waals surface area contributed by atoms with Crippen LogP contribution in [0.4, 0.5) is 0 Å². The van der Waals surface area contributed by atoms with Crippen LogP contribution >= 0.6 is 0 Å². The van der Waals surface area contributed by atoms with Crippen LogP contribution in [0.5, 0.6) is 0 Å². The lowest BCUT2D eigenvalue weighted by Crippen LogP contribution is -2.10. The number of terminal acetylenes is 1. The largest absolute Gasteiger partial charge is 0.359 e. The third-order valence-electron chi connectivity index (χ3n) is 1.66. The van der Waals surface area contributed by atoms with Crippen molar-refractivity contribution >= 4 is 0 Å². The van der Waals surface area contributed by atoms with E-state index in [-0.39, 0.29) is 0 Å². The van der Waals surface area contributed by atoms with Crippen LogP contribution in [0.2, 0.25) is 0 Å². The summed E-state index contributed by atoms with van der Waals surface area (Å²) in [5.41, 5.74) is 0. The molecular weight excluding hydrogens is 152 g/mol. The van der Waals surface area contributed by atoms with Crippen molar-refractivity contribution in [2.24, 2.45) is 5.92 Å². The van der Waals surface area contributed by atoms with Crippen molar-refractivity contribution < 1.29 is 9.47 Å². The summed E-state index contributed by atoms with van der Waals surface area (Å²) in [7, 11) is 1.62. The molecule has 0 rings (SSSR count). The van der Waals surface area contributed by atoms with Gasteiger partial charge >= 0.3 is 0 Å². The summed E-state index contributed by atoms with van der Waals surface area (Å²) in [6.07, 6.45) is 8.32. The Kier molecular flexibility index (Phi) is 8.20. The molecule has 0 radical (unpaired) electrons. The van der Waals surface area contributed by atoms with Gasteiger partial charge in [-0.1, -0.05) is 13.3 Å². The van der Waals surface area contributed by atoms with Crippen LogP contribution in [-0.4, -0.2) is 20.5 Å². The maximum atomic E-state index is 5.23. The van der Waals surface area contributed by atoms with Gasteiger partial charge in [-0.3, -0.25) is 0 Å². The van der Waals surface area contributed by atoms with E-state index >= 15 is 0 Å². The maximum absolute atomic E-state index is 5.23. The molecule has 0 aromatic carbocycles. The lowest BCUT2D eigenvalue weighted by Gasteiger charge is -2.12. The average molecular weight is 170 g/mol. The molecule has 0 aromatic heterocycles. The highest BCUT2D eigenvalue weighted by molar-refractivity contribution is 4.86. The fraction of sp³-hybridized carbons (Fsp3) is 0.800. The predicted octanol–water partition coefficient (Wildman–Crippen LogP) is 2.05. The van der Waals surface area contributed by atoms with E-state index in [2.05, 4.69) is 12.8 Å². The molecular formula is C10H18O2. The van der Waals surface area contributed by atoms with Gasteiger partial charge in [0.1, 0.15) is 6.79 Å². The van der Waals surface area contributed by atoms with Crippen molar-refractivity contribution in [1.82, 2.24) is 0 Å². The fourth-order valence-corrected chi connectivity index (χ4v) is 1.12. The minimum atomic E-state index is 0.366. The molecule has 0 aliphatic heterocycles. The lowest BCUT2D eigenvalue weighted by molar-refractivity contribution is -0.0437. The Morgan fingerprint density at radius 1 is 1.50 bits per heavy atom. The highest BCUT2D eigenvalue weighted by atomic mass is 16.7. The van der Waals surface area contributed by atoms with Gasteiger partial charge in [0.25, 0.3) is 0 Å². The van der Waals surface area contributed by atoms with Gasteiger partial charge in [0, 0.05) is 13.5 Å². The first kappa shape index (κ1) is 11.5. The van der Waals surface area contributed by atoms with Gasteiger partial charge < -0.3 is 9.47 Å². The van der Waals surface area contributed by atoms with Crippen molar-refractivity contribution in [2.75, 3.05) is 20.5 Å². The van der Waals surface area contributed by atoms with E-state index in [1.54, 1.807) is 7.11 Å². The zero-order chi connectivity index (χ0) is 9.23. The molecule has 0 N–H and O–H groups in total. The second-order valence-corrected chi connectivity index (χ2v) is 2.84. The third kappa shape index (κ3) is 6.21. The molecule has 0 spiro atoms. The van der Waals surface area contributed by atoms with Gasteiger partial charge in [0.05, 0.1) is 6.61 Å². The smallest absolute Gasteiger partial charge is 0.146 e. The number of hydrogen-bond donors (Lipinski definition) is 0. The van der Waals surface area contributed by atoms with Crippen LogP contribution in [0.25, 0.3) is 0 Å². The number of rotatable bonds is 7. The molecule has 0 saturated carbocycles. The minimum absolute atomic E-state index is 0.366. The van der Waals surface area contributed by atoms with Crippen LogP contribution in [0.1, 0.15) is 26.2 Å². The summed E-state index contributed by atoms with van der Waals surface area (Å²) in [5.74, 6) is 3.15. The highest BCUT2D eigenvalue weighted by Gasteiger charge is 2.05. The molecule has 0 aliphatic carbocycles. The molecule has 0 amide bonds. The molecule has 1 unspecified atom stereocenters. The predicted molar refractivity (Wildman–Crippen MR) is 49.7 cm³/mol. The van der Waals surface area contributed by atoms with Crippen molar-refractivity contribution in [3.8, 4) is 12.3 Å². The lowest BCUT2D eigenvalue weighted by atomic mass is 10.0. The van der Waals surface area contributed by atoms with E-state index in [4.69, 9.17) is 15.9 Å². The Morgan fingerprint density at radius 2 is 2.25 bits per heavy atom. The van der Waals surface area contributed by atoms with E-state index < -0.39 is 0 Å². The quantitative estimate of drug-likeness (QED) is 0.331. The summed E-state index contributed by atoms with van der Waals surface area (Å²) in [6.45, 7) is 3.23. The molecule has 0 aromatic rings. The van der Waals surface area contributed by atoms with Crippen LogP contribution < -0.4 is 0 Å². The monoisotopic (exact) mass is 170 g/mol. The van der Waals surface area contributed by atoms with Gasteiger partial charge in [0.15, 0.2) is 0 Å². The van der Waals surface area contributed by atoms with E-state index in [0.29, 0.717) is 19.3 Å². The van der Waals surface area contributed by atoms with Crippen LogP contribution in [0, 0.1) is 18.3 Å². The molecule has 1 atom stereocenters. The molecule has 0 fully saturated rings. The molecule has 0 saturated heterocycles. The summed E-state index contributed by atoms with van der Waals surface area (Å²) in [6, 6.07) is 0. The first-order valence-electron chi connectivity index (χ1n) is 4.35. The molecule has 2 heteroatoms. The van der Waals surface area contributed by atoms with Gasteiger partial charge in [-0.05, 0) is 12.3 Å². The van der Waals surface area contributed by atoms with E-state index in [1.165, 1.54) is 0 Å². The average Bonchev–Trinajstić information content (AvgIpc) is 2.06. The second kappa shape index (κ2) is 8.58.